The summed E-state index contributed by atoms with van der Waals surface area (Å²) in [5, 5.41) is 16.1. The summed E-state index contributed by atoms with van der Waals surface area (Å²) in [7, 11) is 0. The molecule has 29 heavy (non-hydrogen) atoms. The third kappa shape index (κ3) is 4.31. The van der Waals surface area contributed by atoms with E-state index >= 15 is 0 Å². The predicted molar refractivity (Wildman–Crippen MR) is 108 cm³/mol. The molecule has 0 spiro atoms. The molecule has 0 aliphatic heterocycles. The lowest BCUT2D eigenvalue weighted by Crippen LogP contribution is -2.24. The molecule has 2 aromatic heterocycles. The molecule has 0 aliphatic carbocycles. The van der Waals surface area contributed by atoms with Crippen molar-refractivity contribution in [1.82, 2.24) is 19.6 Å². The lowest BCUT2D eigenvalue weighted by atomic mass is 10.0. The number of nitrogens with zero attached hydrogens (tertiary/aromatic N) is 4. The van der Waals surface area contributed by atoms with Gasteiger partial charge in [0.25, 0.3) is 5.78 Å². The molecule has 0 aliphatic rings. The number of aliphatic hydroxyl groups is 1. The monoisotopic (exact) mass is 419 g/mol. The Morgan fingerprint density at radius 1 is 1.21 bits per heavy atom. The molecule has 1 aromatic carbocycles. The molecule has 152 valence electrons. The molecule has 0 saturated carbocycles. The standard InChI is InChI=1S/C20H20ClF2N5O/c1-11(2)12(3)26-19-17(18(21)27-20-24-10-25-28(19)20)16-14(22)8-13(9-15(16)23)6-4-5-7-29/h8-12,26,29H,5,7H2,1-3H3/t12-/m1/s1. The van der Waals surface area contributed by atoms with Crippen LogP contribution in [0.25, 0.3) is 16.9 Å². The van der Waals surface area contributed by atoms with Crippen molar-refractivity contribution in [1.29, 1.82) is 0 Å². The van der Waals surface area contributed by atoms with Crippen LogP contribution in [-0.4, -0.2) is 37.3 Å². The summed E-state index contributed by atoms with van der Waals surface area (Å²) in [5.41, 5.74) is -0.110. The van der Waals surface area contributed by atoms with Gasteiger partial charge in [-0.1, -0.05) is 37.3 Å². The molecular formula is C20H20ClF2N5O. The summed E-state index contributed by atoms with van der Waals surface area (Å²) >= 11 is 6.33. The molecule has 0 radical (unpaired) electrons. The zero-order valence-electron chi connectivity index (χ0n) is 16.2. The van der Waals surface area contributed by atoms with E-state index in [9.17, 15) is 8.78 Å². The van der Waals surface area contributed by atoms with Gasteiger partial charge in [0.05, 0.1) is 17.7 Å². The number of rotatable bonds is 5. The highest BCUT2D eigenvalue weighted by atomic mass is 35.5. The first kappa shape index (κ1) is 21.0. The van der Waals surface area contributed by atoms with Crippen LogP contribution >= 0.6 is 11.6 Å². The normalized spacial score (nSPS) is 12.1. The number of hydrogen-bond acceptors (Lipinski definition) is 5. The zero-order valence-corrected chi connectivity index (χ0v) is 16.9. The van der Waals surface area contributed by atoms with Crippen LogP contribution < -0.4 is 5.32 Å². The van der Waals surface area contributed by atoms with Crippen molar-refractivity contribution < 1.29 is 13.9 Å². The van der Waals surface area contributed by atoms with E-state index in [1.165, 1.54) is 10.8 Å². The lowest BCUT2D eigenvalue weighted by Gasteiger charge is -2.22. The highest BCUT2D eigenvalue weighted by Gasteiger charge is 2.25. The van der Waals surface area contributed by atoms with E-state index in [0.29, 0.717) is 5.82 Å². The first-order valence-electron chi connectivity index (χ1n) is 9.08. The number of nitrogens with one attached hydrogen (secondary N) is 1. The Morgan fingerprint density at radius 3 is 2.52 bits per heavy atom. The minimum Gasteiger partial charge on any atom is -0.395 e. The van der Waals surface area contributed by atoms with Gasteiger partial charge < -0.3 is 10.4 Å². The van der Waals surface area contributed by atoms with Gasteiger partial charge in [-0.2, -0.15) is 19.6 Å². The second kappa shape index (κ2) is 8.72. The highest BCUT2D eigenvalue weighted by molar-refractivity contribution is 6.33. The number of aromatic nitrogens is 4. The number of halogens is 3. The Morgan fingerprint density at radius 2 is 1.90 bits per heavy atom. The second-order valence-corrected chi connectivity index (χ2v) is 7.22. The van der Waals surface area contributed by atoms with E-state index in [-0.39, 0.29) is 52.6 Å². The third-order valence-electron chi connectivity index (χ3n) is 4.51. The van der Waals surface area contributed by atoms with Crippen molar-refractivity contribution in [3.63, 3.8) is 0 Å². The maximum atomic E-state index is 15.0. The van der Waals surface area contributed by atoms with Crippen LogP contribution in [0.5, 0.6) is 0 Å². The molecule has 0 fully saturated rings. The van der Waals surface area contributed by atoms with E-state index in [2.05, 4.69) is 32.2 Å². The van der Waals surface area contributed by atoms with Crippen LogP contribution in [0, 0.1) is 29.4 Å². The molecular weight excluding hydrogens is 400 g/mol. The summed E-state index contributed by atoms with van der Waals surface area (Å²) in [6, 6.07) is 2.20. The third-order valence-corrected chi connectivity index (χ3v) is 4.78. The highest BCUT2D eigenvalue weighted by Crippen LogP contribution is 2.38. The largest absolute Gasteiger partial charge is 0.395 e. The van der Waals surface area contributed by atoms with Gasteiger partial charge in [-0.3, -0.25) is 0 Å². The van der Waals surface area contributed by atoms with Crippen molar-refractivity contribution in [3.05, 3.63) is 40.8 Å². The van der Waals surface area contributed by atoms with Gasteiger partial charge in [0.15, 0.2) is 0 Å². The number of aliphatic hydroxyl groups excluding tert-OH is 1. The Balaban J connectivity index is 2.22. The lowest BCUT2D eigenvalue weighted by molar-refractivity contribution is 0.305. The van der Waals surface area contributed by atoms with Gasteiger partial charge in [-0.15, -0.1) is 0 Å². The van der Waals surface area contributed by atoms with E-state index in [0.717, 1.165) is 12.1 Å². The van der Waals surface area contributed by atoms with E-state index in [4.69, 9.17) is 16.7 Å². The second-order valence-electron chi connectivity index (χ2n) is 6.87. The molecule has 2 N–H and O–H groups in total. The fourth-order valence-electron chi connectivity index (χ4n) is 2.66. The van der Waals surface area contributed by atoms with Crippen molar-refractivity contribution in [3.8, 4) is 23.0 Å². The molecule has 0 unspecified atom stereocenters. The fraction of sp³-hybridized carbons (Fsp3) is 0.350. The molecule has 0 saturated heterocycles. The van der Waals surface area contributed by atoms with Crippen LogP contribution in [0.3, 0.4) is 0 Å². The Kier molecular flexibility index (Phi) is 6.30. The maximum Gasteiger partial charge on any atom is 0.255 e. The zero-order chi connectivity index (χ0) is 21.1. The van der Waals surface area contributed by atoms with Crippen LogP contribution in [-0.2, 0) is 0 Å². The Labute approximate surface area is 171 Å². The molecule has 1 atom stereocenters. The molecule has 0 amide bonds. The fourth-order valence-corrected chi connectivity index (χ4v) is 2.92. The number of hydrogen-bond donors (Lipinski definition) is 2. The average molecular weight is 420 g/mol. The minimum absolute atomic E-state index is 0.0469. The molecule has 0 bridgehead atoms. The van der Waals surface area contributed by atoms with Gasteiger partial charge in [-0.05, 0) is 25.0 Å². The summed E-state index contributed by atoms with van der Waals surface area (Å²) in [5.74, 6) is 4.35. The minimum atomic E-state index is -0.832. The molecule has 2 heterocycles. The van der Waals surface area contributed by atoms with Crippen molar-refractivity contribution in [2.75, 3.05) is 11.9 Å². The van der Waals surface area contributed by atoms with Crippen LogP contribution in [0.15, 0.2) is 18.5 Å². The van der Waals surface area contributed by atoms with Gasteiger partial charge in [-0.25, -0.2) is 8.78 Å². The molecule has 6 nitrogen and oxygen atoms in total. The van der Waals surface area contributed by atoms with Crippen LogP contribution in [0.4, 0.5) is 14.6 Å². The topological polar surface area (TPSA) is 75.3 Å². The number of anilines is 1. The van der Waals surface area contributed by atoms with E-state index in [1.54, 1.807) is 0 Å². The maximum absolute atomic E-state index is 15.0. The van der Waals surface area contributed by atoms with Crippen molar-refractivity contribution >= 4 is 23.2 Å². The van der Waals surface area contributed by atoms with Crippen LogP contribution in [0.2, 0.25) is 5.15 Å². The molecule has 9 heteroatoms. The molecule has 3 rings (SSSR count). The van der Waals surface area contributed by atoms with Crippen molar-refractivity contribution in [2.45, 2.75) is 33.2 Å². The van der Waals surface area contributed by atoms with Crippen LogP contribution in [0.1, 0.15) is 32.8 Å². The Bertz CT molecular complexity index is 1080. The van der Waals surface area contributed by atoms with E-state index in [1.807, 2.05) is 20.8 Å². The Hall–Kier alpha value is -2.76. The first-order valence-corrected chi connectivity index (χ1v) is 9.46. The van der Waals surface area contributed by atoms with Gasteiger partial charge in [0.1, 0.15) is 28.9 Å². The first-order chi connectivity index (χ1) is 13.8. The van der Waals surface area contributed by atoms with Crippen molar-refractivity contribution in [2.24, 2.45) is 5.92 Å². The quantitative estimate of drug-likeness (QED) is 0.484. The van der Waals surface area contributed by atoms with Gasteiger partial charge >= 0.3 is 0 Å². The average Bonchev–Trinajstić information content (AvgIpc) is 3.11. The smallest absolute Gasteiger partial charge is 0.255 e. The predicted octanol–water partition coefficient (Wildman–Crippen LogP) is 3.91. The number of benzene rings is 1. The summed E-state index contributed by atoms with van der Waals surface area (Å²) < 4.78 is 31.3. The number of fused-ring (bicyclic) bond motifs is 1. The summed E-state index contributed by atoms with van der Waals surface area (Å²) in [6.07, 6.45) is 1.51. The summed E-state index contributed by atoms with van der Waals surface area (Å²) in [4.78, 5) is 8.13. The van der Waals surface area contributed by atoms with Gasteiger partial charge in [0.2, 0.25) is 0 Å². The van der Waals surface area contributed by atoms with E-state index < -0.39 is 11.6 Å². The van der Waals surface area contributed by atoms with Gasteiger partial charge in [0, 0.05) is 18.0 Å². The summed E-state index contributed by atoms with van der Waals surface area (Å²) in [6.45, 7) is 5.84. The molecule has 3 aromatic rings. The SMILES string of the molecule is CC(C)[C@@H](C)Nc1c(-c2c(F)cc(C#CCCO)cc2F)c(Cl)nc2ncnn12.